The molecular formula is C54H33N5. The van der Waals surface area contributed by atoms with Crippen LogP contribution in [0.15, 0.2) is 200 Å². The fourth-order valence-corrected chi connectivity index (χ4v) is 8.00. The van der Waals surface area contributed by atoms with Crippen LogP contribution in [0.25, 0.3) is 99.6 Å². The van der Waals surface area contributed by atoms with Crippen molar-refractivity contribution in [3.05, 3.63) is 217 Å². The second-order valence-electron chi connectivity index (χ2n) is 14.4. The second kappa shape index (κ2) is 14.9. The number of rotatable bonds is 7. The van der Waals surface area contributed by atoms with Crippen molar-refractivity contribution in [2.75, 3.05) is 0 Å². The molecule has 0 spiro atoms. The van der Waals surface area contributed by atoms with Crippen LogP contribution >= 0.6 is 0 Å². The largest absolute Gasteiger partial charge is 0.308 e. The third-order valence-electron chi connectivity index (χ3n) is 10.9. The zero-order valence-corrected chi connectivity index (χ0v) is 31.8. The molecule has 2 heterocycles. The Labute approximate surface area is 342 Å². The van der Waals surface area contributed by atoms with Crippen LogP contribution in [0.4, 0.5) is 5.69 Å². The molecule has 274 valence electrons. The number of hydrogen-bond donors (Lipinski definition) is 0. The molecule has 0 aliphatic rings. The van der Waals surface area contributed by atoms with Gasteiger partial charge in [0.15, 0.2) is 11.5 Å². The van der Waals surface area contributed by atoms with Gasteiger partial charge in [0.2, 0.25) is 0 Å². The Morgan fingerprint density at radius 3 is 1.59 bits per heavy atom. The van der Waals surface area contributed by atoms with E-state index in [0.29, 0.717) is 17.1 Å². The lowest BCUT2D eigenvalue weighted by Gasteiger charge is -2.21. The van der Waals surface area contributed by atoms with Gasteiger partial charge in [-0.25, -0.2) is 14.8 Å². The first-order valence-electron chi connectivity index (χ1n) is 19.4. The average Bonchev–Trinajstić information content (AvgIpc) is 3.65. The highest BCUT2D eigenvalue weighted by Gasteiger charge is 2.23. The van der Waals surface area contributed by atoms with Crippen molar-refractivity contribution in [1.82, 2.24) is 14.5 Å². The summed E-state index contributed by atoms with van der Waals surface area (Å²) in [5.41, 5.74) is 14.8. The van der Waals surface area contributed by atoms with Gasteiger partial charge in [-0.2, -0.15) is 5.26 Å². The Balaban J connectivity index is 1.32. The molecule has 0 N–H and O–H groups in total. The molecule has 0 unspecified atom stereocenters. The zero-order valence-electron chi connectivity index (χ0n) is 31.8. The Bertz CT molecular complexity index is 3110. The molecule has 0 atom stereocenters. The van der Waals surface area contributed by atoms with Crippen molar-refractivity contribution in [1.29, 1.82) is 5.26 Å². The minimum atomic E-state index is 0.569. The maximum absolute atomic E-state index is 9.82. The zero-order chi connectivity index (χ0) is 39.7. The molecule has 10 aromatic rings. The molecule has 8 aromatic carbocycles. The normalized spacial score (nSPS) is 11.0. The summed E-state index contributed by atoms with van der Waals surface area (Å²) in [6.45, 7) is 7.73. The summed E-state index contributed by atoms with van der Waals surface area (Å²) in [5.74, 6) is 0.630. The minimum Gasteiger partial charge on any atom is -0.308 e. The summed E-state index contributed by atoms with van der Waals surface area (Å²) in [7, 11) is 0. The topological polar surface area (TPSA) is 58.9 Å². The smallest absolute Gasteiger partial charge is 0.187 e. The Kier molecular flexibility index (Phi) is 8.88. The predicted octanol–water partition coefficient (Wildman–Crippen LogP) is 14.0. The van der Waals surface area contributed by atoms with Crippen LogP contribution in [-0.2, 0) is 0 Å². The Morgan fingerprint density at radius 1 is 0.441 bits per heavy atom. The van der Waals surface area contributed by atoms with Crippen LogP contribution in [0.1, 0.15) is 5.56 Å². The lowest BCUT2D eigenvalue weighted by atomic mass is 9.91. The van der Waals surface area contributed by atoms with E-state index >= 15 is 0 Å². The standard InChI is InChI=1S/C54H33N5/c1-56-44-28-25-39(26-29-44)47-33-43(50-34-49(40-15-7-3-8-16-40)57-54(58-50)41-17-9-4-10-18-41)32-46(38-23-21-36(35-55)22-24-38)53(47)59-51-20-12-11-19-45(51)48-31-42(27-30-52(48)59)37-13-5-2-6-14-37/h2-34H. The number of nitriles is 1. The first-order chi connectivity index (χ1) is 29.1. The number of hydrogen-bond acceptors (Lipinski definition) is 3. The SMILES string of the molecule is [C-]#[N+]c1ccc(-c2cc(-c3cc(-c4ccccc4)nc(-c4ccccc4)n3)cc(-c3ccc(C#N)cc3)c2-n2c3ccccc3c3cc(-c4ccccc4)ccc32)cc1. The van der Waals surface area contributed by atoms with E-state index in [0.717, 1.165) is 89.0 Å². The fraction of sp³-hybridized carbons (Fsp3) is 0. The van der Waals surface area contributed by atoms with E-state index in [-0.39, 0.29) is 0 Å². The maximum atomic E-state index is 9.82. The van der Waals surface area contributed by atoms with Crippen LogP contribution in [0.5, 0.6) is 0 Å². The molecular weight excluding hydrogens is 719 g/mol. The molecule has 2 aromatic heterocycles. The average molecular weight is 752 g/mol. The van der Waals surface area contributed by atoms with E-state index in [1.807, 2.05) is 103 Å². The lowest BCUT2D eigenvalue weighted by Crippen LogP contribution is -2.03. The molecule has 0 aliphatic heterocycles. The van der Waals surface area contributed by atoms with E-state index in [4.69, 9.17) is 16.5 Å². The second-order valence-corrected chi connectivity index (χ2v) is 14.4. The molecule has 59 heavy (non-hydrogen) atoms. The van der Waals surface area contributed by atoms with Crippen molar-refractivity contribution < 1.29 is 0 Å². The van der Waals surface area contributed by atoms with Crippen molar-refractivity contribution >= 4 is 27.5 Å². The molecule has 0 amide bonds. The van der Waals surface area contributed by atoms with E-state index in [9.17, 15) is 5.26 Å². The van der Waals surface area contributed by atoms with Crippen LogP contribution in [0, 0.1) is 17.9 Å². The van der Waals surface area contributed by atoms with Crippen LogP contribution in [-0.4, -0.2) is 14.5 Å². The summed E-state index contributed by atoms with van der Waals surface area (Å²) < 4.78 is 2.37. The van der Waals surface area contributed by atoms with Crippen molar-refractivity contribution in [3.63, 3.8) is 0 Å². The monoisotopic (exact) mass is 751 g/mol. The van der Waals surface area contributed by atoms with Gasteiger partial charge in [0, 0.05) is 38.6 Å². The molecule has 0 fully saturated rings. The van der Waals surface area contributed by atoms with Gasteiger partial charge in [-0.05, 0) is 70.8 Å². The van der Waals surface area contributed by atoms with Crippen molar-refractivity contribution in [3.8, 4) is 79.0 Å². The summed E-state index contributed by atoms with van der Waals surface area (Å²) in [4.78, 5) is 14.1. The summed E-state index contributed by atoms with van der Waals surface area (Å²) in [5, 5.41) is 12.1. The highest BCUT2D eigenvalue weighted by Crippen LogP contribution is 2.45. The Hall–Kier alpha value is -8.38. The van der Waals surface area contributed by atoms with E-state index < -0.39 is 0 Å². The summed E-state index contributed by atoms with van der Waals surface area (Å²) in [6, 6.07) is 70.5. The highest BCUT2D eigenvalue weighted by molar-refractivity contribution is 6.12. The van der Waals surface area contributed by atoms with Crippen LogP contribution in [0.2, 0.25) is 0 Å². The van der Waals surface area contributed by atoms with Crippen LogP contribution < -0.4 is 0 Å². The lowest BCUT2D eigenvalue weighted by molar-refractivity contribution is 1.17. The van der Waals surface area contributed by atoms with Gasteiger partial charge in [-0.15, -0.1) is 0 Å². The Morgan fingerprint density at radius 2 is 0.966 bits per heavy atom. The number of aromatic nitrogens is 3. The minimum absolute atomic E-state index is 0.569. The van der Waals surface area contributed by atoms with Gasteiger partial charge in [0.05, 0.1) is 46.3 Å². The molecule has 0 saturated carbocycles. The van der Waals surface area contributed by atoms with Gasteiger partial charge in [0.1, 0.15) is 0 Å². The van der Waals surface area contributed by atoms with Gasteiger partial charge in [-0.3, -0.25) is 0 Å². The molecule has 0 aliphatic carbocycles. The molecule has 5 heteroatoms. The van der Waals surface area contributed by atoms with Gasteiger partial charge < -0.3 is 4.57 Å². The quantitative estimate of drug-likeness (QED) is 0.152. The van der Waals surface area contributed by atoms with Crippen molar-refractivity contribution in [2.24, 2.45) is 0 Å². The number of benzene rings is 8. The predicted molar refractivity (Wildman–Crippen MR) is 240 cm³/mol. The van der Waals surface area contributed by atoms with E-state index in [1.165, 1.54) is 0 Å². The molecule has 0 saturated heterocycles. The van der Waals surface area contributed by atoms with Gasteiger partial charge in [-0.1, -0.05) is 152 Å². The van der Waals surface area contributed by atoms with E-state index in [1.54, 1.807) is 0 Å². The van der Waals surface area contributed by atoms with Gasteiger partial charge >= 0.3 is 0 Å². The maximum Gasteiger partial charge on any atom is 0.187 e. The number of fused-ring (bicyclic) bond motifs is 3. The molecule has 0 radical (unpaired) electrons. The fourth-order valence-electron chi connectivity index (χ4n) is 8.00. The molecule has 10 rings (SSSR count). The van der Waals surface area contributed by atoms with Crippen molar-refractivity contribution in [2.45, 2.75) is 0 Å². The number of nitrogens with zero attached hydrogens (tertiary/aromatic N) is 5. The summed E-state index contributed by atoms with van der Waals surface area (Å²) >= 11 is 0. The molecule has 5 nitrogen and oxygen atoms in total. The molecule has 0 bridgehead atoms. The first-order valence-corrected chi connectivity index (χ1v) is 19.4. The number of para-hydroxylation sites is 1. The summed E-state index contributed by atoms with van der Waals surface area (Å²) in [6.07, 6.45) is 0. The van der Waals surface area contributed by atoms with Gasteiger partial charge in [0.25, 0.3) is 0 Å². The van der Waals surface area contributed by atoms with Crippen LogP contribution in [0.3, 0.4) is 0 Å². The third-order valence-corrected chi connectivity index (χ3v) is 10.9. The van der Waals surface area contributed by atoms with E-state index in [2.05, 4.69) is 113 Å². The highest BCUT2D eigenvalue weighted by atomic mass is 15.0. The first kappa shape index (κ1) is 35.1. The third kappa shape index (κ3) is 6.50.